The summed E-state index contributed by atoms with van der Waals surface area (Å²) in [6.45, 7) is 0.513. The van der Waals surface area contributed by atoms with Crippen LogP contribution in [0, 0.1) is 0 Å². The second kappa shape index (κ2) is 5.48. The molecule has 0 saturated heterocycles. The van der Waals surface area contributed by atoms with Crippen LogP contribution in [0.5, 0.6) is 0 Å². The average molecular weight is 296 g/mol. The van der Waals surface area contributed by atoms with Gasteiger partial charge in [-0.2, -0.15) is 0 Å². The maximum Gasteiger partial charge on any atom is 0.332 e. The van der Waals surface area contributed by atoms with Gasteiger partial charge in [0.2, 0.25) is 0 Å². The van der Waals surface area contributed by atoms with Crippen LogP contribution in [-0.2, 0) is 20.6 Å². The van der Waals surface area contributed by atoms with Gasteiger partial charge >= 0.3 is 5.69 Å². The Balaban J connectivity index is 2.01. The Kier molecular flexibility index (Phi) is 3.50. The molecule has 0 fully saturated rings. The molecule has 0 atom stereocenters. The number of benzene rings is 1. The lowest BCUT2D eigenvalue weighted by Crippen LogP contribution is -2.37. The molecular formula is C16H16N4O2. The number of rotatable bonds is 3. The number of fused-ring (bicyclic) bond motifs is 1. The molecule has 0 aliphatic heterocycles. The third kappa shape index (κ3) is 2.28. The zero-order valence-corrected chi connectivity index (χ0v) is 12.4. The van der Waals surface area contributed by atoms with E-state index in [9.17, 15) is 9.59 Å². The molecule has 0 radical (unpaired) electrons. The van der Waals surface area contributed by atoms with Crippen molar-refractivity contribution in [1.29, 1.82) is 0 Å². The summed E-state index contributed by atoms with van der Waals surface area (Å²) in [5.41, 5.74) is 1.22. The Hall–Kier alpha value is -2.89. The van der Waals surface area contributed by atoms with Crippen LogP contribution in [0.4, 0.5) is 0 Å². The van der Waals surface area contributed by atoms with E-state index >= 15 is 0 Å². The first kappa shape index (κ1) is 14.1. The van der Waals surface area contributed by atoms with Gasteiger partial charge in [0.15, 0.2) is 11.2 Å². The smallest absolute Gasteiger partial charge is 0.321 e. The van der Waals surface area contributed by atoms with Crippen LogP contribution in [0.3, 0.4) is 0 Å². The minimum atomic E-state index is -0.373. The Bertz CT molecular complexity index is 961. The number of aromatic nitrogens is 4. The normalized spacial score (nSPS) is 11.5. The Morgan fingerprint density at radius 3 is 2.55 bits per heavy atom. The number of allylic oxidation sites excluding steroid dienone is 1. The molecule has 2 aromatic heterocycles. The molecule has 1 aromatic carbocycles. The van der Waals surface area contributed by atoms with Crippen molar-refractivity contribution in [3.8, 4) is 0 Å². The SMILES string of the molecule is Cn1c(=O)c2c(ncn2CC=Cc2ccccc2)n(C)c1=O. The topological polar surface area (TPSA) is 61.8 Å². The molecule has 0 aliphatic carbocycles. The fraction of sp³-hybridized carbons (Fsp3) is 0.188. The second-order valence-electron chi connectivity index (χ2n) is 5.09. The Morgan fingerprint density at radius 1 is 1.09 bits per heavy atom. The average Bonchev–Trinajstić information content (AvgIpc) is 2.96. The molecule has 0 aliphatic rings. The monoisotopic (exact) mass is 296 g/mol. The highest BCUT2D eigenvalue weighted by Gasteiger charge is 2.13. The van der Waals surface area contributed by atoms with Crippen molar-refractivity contribution >= 4 is 17.2 Å². The predicted molar refractivity (Wildman–Crippen MR) is 85.7 cm³/mol. The third-order valence-corrected chi connectivity index (χ3v) is 3.63. The molecule has 6 nitrogen and oxygen atoms in total. The van der Waals surface area contributed by atoms with Crippen molar-refractivity contribution in [2.24, 2.45) is 14.1 Å². The minimum absolute atomic E-state index is 0.330. The summed E-state index contributed by atoms with van der Waals surface area (Å²) in [6.07, 6.45) is 5.53. The van der Waals surface area contributed by atoms with Crippen LogP contribution in [0.1, 0.15) is 5.56 Å². The van der Waals surface area contributed by atoms with Gasteiger partial charge < -0.3 is 4.57 Å². The number of imidazole rings is 1. The van der Waals surface area contributed by atoms with Gasteiger partial charge in [-0.25, -0.2) is 9.78 Å². The fourth-order valence-electron chi connectivity index (χ4n) is 2.40. The van der Waals surface area contributed by atoms with E-state index in [0.29, 0.717) is 17.7 Å². The Morgan fingerprint density at radius 2 is 1.82 bits per heavy atom. The van der Waals surface area contributed by atoms with E-state index in [1.807, 2.05) is 42.5 Å². The van der Waals surface area contributed by atoms with Gasteiger partial charge in [-0.1, -0.05) is 42.5 Å². The summed E-state index contributed by atoms with van der Waals surface area (Å²) >= 11 is 0. The van der Waals surface area contributed by atoms with Crippen LogP contribution < -0.4 is 11.2 Å². The summed E-state index contributed by atoms with van der Waals surface area (Å²) in [7, 11) is 3.09. The van der Waals surface area contributed by atoms with Gasteiger partial charge in [-0.15, -0.1) is 0 Å². The molecule has 3 rings (SSSR count). The first-order valence-electron chi connectivity index (χ1n) is 6.92. The lowest BCUT2D eigenvalue weighted by atomic mass is 10.2. The largest absolute Gasteiger partial charge is 0.332 e. The van der Waals surface area contributed by atoms with Crippen molar-refractivity contribution in [2.45, 2.75) is 6.54 Å². The third-order valence-electron chi connectivity index (χ3n) is 3.63. The van der Waals surface area contributed by atoms with E-state index < -0.39 is 0 Å². The summed E-state index contributed by atoms with van der Waals surface area (Å²) in [4.78, 5) is 28.3. The molecule has 0 amide bonds. The summed E-state index contributed by atoms with van der Waals surface area (Å²) < 4.78 is 4.23. The lowest BCUT2D eigenvalue weighted by Gasteiger charge is -2.04. The minimum Gasteiger partial charge on any atom is -0.321 e. The van der Waals surface area contributed by atoms with E-state index in [4.69, 9.17) is 0 Å². The molecular weight excluding hydrogens is 280 g/mol. The number of hydrogen-bond acceptors (Lipinski definition) is 3. The van der Waals surface area contributed by atoms with E-state index in [0.717, 1.165) is 10.1 Å². The molecule has 3 aromatic rings. The molecule has 22 heavy (non-hydrogen) atoms. The molecule has 0 N–H and O–H groups in total. The number of nitrogens with zero attached hydrogens (tertiary/aromatic N) is 4. The second-order valence-corrected chi connectivity index (χ2v) is 5.09. The van der Waals surface area contributed by atoms with Crippen LogP contribution >= 0.6 is 0 Å². The molecule has 0 spiro atoms. The van der Waals surface area contributed by atoms with Crippen LogP contribution in [0.25, 0.3) is 17.2 Å². The van der Waals surface area contributed by atoms with E-state index in [1.54, 1.807) is 17.9 Å². The van der Waals surface area contributed by atoms with E-state index in [-0.39, 0.29) is 11.2 Å². The highest BCUT2D eigenvalue weighted by atomic mass is 16.2. The standard InChI is InChI=1S/C16H16N4O2/c1-18-14-13(15(21)19(2)16(18)22)20(11-17-14)10-6-9-12-7-4-3-5-8-12/h3-9,11H,10H2,1-2H3. The van der Waals surface area contributed by atoms with Crippen LogP contribution in [0.15, 0.2) is 52.3 Å². The highest BCUT2D eigenvalue weighted by Crippen LogP contribution is 2.07. The maximum absolute atomic E-state index is 12.3. The molecule has 0 bridgehead atoms. The number of aryl methyl sites for hydroxylation is 1. The molecule has 0 unspecified atom stereocenters. The van der Waals surface area contributed by atoms with Crippen LogP contribution in [-0.4, -0.2) is 18.7 Å². The Labute approximate surface area is 126 Å². The maximum atomic E-state index is 12.3. The van der Waals surface area contributed by atoms with E-state index in [2.05, 4.69) is 4.98 Å². The molecule has 2 heterocycles. The van der Waals surface area contributed by atoms with Crippen molar-refractivity contribution in [3.63, 3.8) is 0 Å². The van der Waals surface area contributed by atoms with Crippen molar-refractivity contribution < 1.29 is 0 Å². The van der Waals surface area contributed by atoms with Crippen molar-refractivity contribution in [3.05, 3.63) is 69.1 Å². The summed E-state index contributed by atoms with van der Waals surface area (Å²) in [5.74, 6) is 0. The van der Waals surface area contributed by atoms with Gasteiger partial charge in [0.1, 0.15) is 0 Å². The first-order valence-corrected chi connectivity index (χ1v) is 6.92. The molecule has 112 valence electrons. The van der Waals surface area contributed by atoms with Gasteiger partial charge in [0.05, 0.1) is 6.33 Å². The van der Waals surface area contributed by atoms with Crippen molar-refractivity contribution in [2.75, 3.05) is 0 Å². The number of hydrogen-bond donors (Lipinski definition) is 0. The first-order chi connectivity index (χ1) is 10.6. The van der Waals surface area contributed by atoms with Crippen molar-refractivity contribution in [1.82, 2.24) is 18.7 Å². The zero-order valence-electron chi connectivity index (χ0n) is 12.4. The van der Waals surface area contributed by atoms with Gasteiger partial charge in [-0.3, -0.25) is 13.9 Å². The molecule has 6 heteroatoms. The summed E-state index contributed by atoms with van der Waals surface area (Å²) in [5, 5.41) is 0. The predicted octanol–water partition coefficient (Wildman–Crippen LogP) is 1.15. The quantitative estimate of drug-likeness (QED) is 0.728. The van der Waals surface area contributed by atoms with Gasteiger partial charge in [0, 0.05) is 20.6 Å². The van der Waals surface area contributed by atoms with Gasteiger partial charge in [-0.05, 0) is 5.56 Å². The molecule has 0 saturated carbocycles. The summed E-state index contributed by atoms with van der Waals surface area (Å²) in [6, 6.07) is 9.91. The van der Waals surface area contributed by atoms with Gasteiger partial charge in [0.25, 0.3) is 5.56 Å². The zero-order chi connectivity index (χ0) is 15.7. The van der Waals surface area contributed by atoms with E-state index in [1.165, 1.54) is 11.6 Å². The van der Waals surface area contributed by atoms with Crippen LogP contribution in [0.2, 0.25) is 0 Å². The highest BCUT2D eigenvalue weighted by molar-refractivity contribution is 5.70. The lowest BCUT2D eigenvalue weighted by molar-refractivity contribution is 0.703. The fourth-order valence-corrected chi connectivity index (χ4v) is 2.40.